The number of carbonyl (C=O) groups excluding carboxylic acids is 1. The first-order valence-corrected chi connectivity index (χ1v) is 5.35. The molecule has 6 heteroatoms. The summed E-state index contributed by atoms with van der Waals surface area (Å²) in [5.41, 5.74) is 0. The summed E-state index contributed by atoms with van der Waals surface area (Å²) in [5, 5.41) is 0. The van der Waals surface area contributed by atoms with Gasteiger partial charge in [-0.05, 0) is 0 Å². The molecular formula is C5H9ClO4S. The van der Waals surface area contributed by atoms with Crippen LogP contribution in [-0.2, 0) is 18.6 Å². The summed E-state index contributed by atoms with van der Waals surface area (Å²) in [6, 6.07) is 0. The number of carbonyl (C=O) groups is 1. The highest BCUT2D eigenvalue weighted by Crippen LogP contribution is 2.06. The molecule has 0 heterocycles. The first-order valence-electron chi connectivity index (χ1n) is 2.87. The van der Waals surface area contributed by atoms with E-state index in [1.54, 1.807) is 0 Å². The number of esters is 1. The quantitative estimate of drug-likeness (QED) is 0.488. The molecule has 0 N–H and O–H groups in total. The van der Waals surface area contributed by atoms with Crippen molar-refractivity contribution in [3.05, 3.63) is 0 Å². The molecule has 0 saturated carbocycles. The van der Waals surface area contributed by atoms with Crippen LogP contribution in [0.1, 0.15) is 6.92 Å². The van der Waals surface area contributed by atoms with Crippen LogP contribution in [0.25, 0.3) is 0 Å². The zero-order valence-corrected chi connectivity index (χ0v) is 7.78. The minimum absolute atomic E-state index is 0.388. The molecule has 66 valence electrons. The second-order valence-corrected chi connectivity index (χ2v) is 4.95. The molecule has 0 aromatic carbocycles. The van der Waals surface area contributed by atoms with Gasteiger partial charge >= 0.3 is 5.97 Å². The Bertz CT molecular complexity index is 233. The predicted octanol–water partition coefficient (Wildman–Crippen LogP) is 0.364. The Morgan fingerprint density at radius 1 is 1.64 bits per heavy atom. The molecule has 0 fully saturated rings. The third-order valence-electron chi connectivity index (χ3n) is 1.05. The molecule has 0 aliphatic heterocycles. The van der Waals surface area contributed by atoms with E-state index >= 15 is 0 Å². The van der Waals surface area contributed by atoms with Crippen molar-refractivity contribution in [3.63, 3.8) is 0 Å². The topological polar surface area (TPSA) is 60.4 Å². The van der Waals surface area contributed by atoms with E-state index in [0.717, 1.165) is 0 Å². The second kappa shape index (κ2) is 3.92. The van der Waals surface area contributed by atoms with Gasteiger partial charge in [-0.1, -0.05) is 6.92 Å². The summed E-state index contributed by atoms with van der Waals surface area (Å²) in [4.78, 5) is 10.6. The van der Waals surface area contributed by atoms with Gasteiger partial charge in [-0.15, -0.1) is 0 Å². The molecule has 11 heavy (non-hydrogen) atoms. The normalized spacial score (nSPS) is 14.1. The molecule has 0 radical (unpaired) electrons. The molecule has 0 aliphatic rings. The summed E-state index contributed by atoms with van der Waals surface area (Å²) in [5.74, 6) is -1.67. The van der Waals surface area contributed by atoms with Gasteiger partial charge in [0.2, 0.25) is 9.05 Å². The van der Waals surface area contributed by atoms with Crippen LogP contribution in [0.3, 0.4) is 0 Å². The molecule has 0 saturated heterocycles. The molecule has 0 rings (SSSR count). The lowest BCUT2D eigenvalue weighted by Gasteiger charge is -2.04. The van der Waals surface area contributed by atoms with Crippen LogP contribution in [0.5, 0.6) is 0 Å². The second-order valence-electron chi connectivity index (χ2n) is 2.13. The number of hydrogen-bond acceptors (Lipinski definition) is 4. The Labute approximate surface area is 69.9 Å². The Morgan fingerprint density at radius 2 is 2.09 bits per heavy atom. The van der Waals surface area contributed by atoms with Crippen LogP contribution in [0.4, 0.5) is 0 Å². The molecule has 1 unspecified atom stereocenters. The van der Waals surface area contributed by atoms with Crippen molar-refractivity contribution >= 4 is 25.7 Å². The number of hydrogen-bond donors (Lipinski definition) is 0. The Morgan fingerprint density at radius 3 is 2.36 bits per heavy atom. The van der Waals surface area contributed by atoms with E-state index in [-0.39, 0.29) is 5.75 Å². The number of halogens is 1. The standard InChI is InChI=1S/C5H9ClO4S/c1-4(5(7)10-2)3-11(6,8)9/h4H,3H2,1-2H3. The van der Waals surface area contributed by atoms with Gasteiger partial charge in [-0.2, -0.15) is 0 Å². The van der Waals surface area contributed by atoms with Crippen LogP contribution in [0, 0.1) is 5.92 Å². The summed E-state index contributed by atoms with van der Waals surface area (Å²) in [6.07, 6.45) is 0. The fourth-order valence-corrected chi connectivity index (χ4v) is 1.87. The van der Waals surface area contributed by atoms with E-state index in [0.29, 0.717) is 0 Å². The van der Waals surface area contributed by atoms with Crippen molar-refractivity contribution in [3.8, 4) is 0 Å². The van der Waals surface area contributed by atoms with Crippen molar-refractivity contribution in [2.75, 3.05) is 12.9 Å². The molecule has 1 atom stereocenters. The molecule has 0 aromatic heterocycles. The van der Waals surface area contributed by atoms with Crippen LogP contribution in [-0.4, -0.2) is 27.2 Å². The highest BCUT2D eigenvalue weighted by atomic mass is 35.7. The summed E-state index contributed by atoms with van der Waals surface area (Å²) in [6.45, 7) is 1.44. The van der Waals surface area contributed by atoms with Gasteiger partial charge in [-0.3, -0.25) is 4.79 Å². The summed E-state index contributed by atoms with van der Waals surface area (Å²) in [7, 11) is 2.48. The molecule has 4 nitrogen and oxygen atoms in total. The van der Waals surface area contributed by atoms with E-state index in [1.165, 1.54) is 14.0 Å². The van der Waals surface area contributed by atoms with Gasteiger partial charge in [0.1, 0.15) is 0 Å². The van der Waals surface area contributed by atoms with Crippen molar-refractivity contribution in [1.29, 1.82) is 0 Å². The Kier molecular flexibility index (Phi) is 3.82. The van der Waals surface area contributed by atoms with E-state index < -0.39 is 20.9 Å². The van der Waals surface area contributed by atoms with Gasteiger partial charge in [0.05, 0.1) is 18.8 Å². The molecule has 0 bridgehead atoms. The smallest absolute Gasteiger partial charge is 0.309 e. The van der Waals surface area contributed by atoms with Gasteiger partial charge in [0.25, 0.3) is 0 Å². The maximum absolute atomic E-state index is 10.6. The van der Waals surface area contributed by atoms with Gasteiger partial charge < -0.3 is 4.74 Å². The van der Waals surface area contributed by atoms with Crippen molar-refractivity contribution in [2.45, 2.75) is 6.92 Å². The highest BCUT2D eigenvalue weighted by molar-refractivity contribution is 8.13. The largest absolute Gasteiger partial charge is 0.469 e. The van der Waals surface area contributed by atoms with E-state index in [2.05, 4.69) is 4.74 Å². The third-order valence-corrected chi connectivity index (χ3v) is 2.33. The maximum Gasteiger partial charge on any atom is 0.309 e. The minimum Gasteiger partial charge on any atom is -0.469 e. The van der Waals surface area contributed by atoms with E-state index in [1.807, 2.05) is 0 Å². The number of ether oxygens (including phenoxy) is 1. The van der Waals surface area contributed by atoms with Crippen LogP contribution >= 0.6 is 10.7 Å². The summed E-state index contributed by atoms with van der Waals surface area (Å²) >= 11 is 0. The van der Waals surface area contributed by atoms with Gasteiger partial charge in [0, 0.05) is 10.7 Å². The Hall–Kier alpha value is -0.290. The SMILES string of the molecule is COC(=O)C(C)CS(=O)(=O)Cl. The monoisotopic (exact) mass is 200 g/mol. The van der Waals surface area contributed by atoms with Crippen molar-refractivity contribution in [2.24, 2.45) is 5.92 Å². The third kappa shape index (κ3) is 5.03. The van der Waals surface area contributed by atoms with Gasteiger partial charge in [-0.25, -0.2) is 8.42 Å². The molecule has 0 amide bonds. The van der Waals surface area contributed by atoms with E-state index in [9.17, 15) is 13.2 Å². The maximum atomic E-state index is 10.6. The molecule has 0 spiro atoms. The fourth-order valence-electron chi connectivity index (χ4n) is 0.568. The van der Waals surface area contributed by atoms with Crippen molar-refractivity contribution < 1.29 is 17.9 Å². The molecular weight excluding hydrogens is 192 g/mol. The number of rotatable bonds is 3. The average Bonchev–Trinajstić information content (AvgIpc) is 1.82. The van der Waals surface area contributed by atoms with Crippen LogP contribution in [0.2, 0.25) is 0 Å². The van der Waals surface area contributed by atoms with Crippen LogP contribution in [0.15, 0.2) is 0 Å². The molecule has 0 aromatic rings. The lowest BCUT2D eigenvalue weighted by molar-refractivity contribution is -0.144. The first-order chi connectivity index (χ1) is 4.87. The molecule has 0 aliphatic carbocycles. The lowest BCUT2D eigenvalue weighted by atomic mass is 10.2. The zero-order chi connectivity index (χ0) is 9.07. The predicted molar refractivity (Wildman–Crippen MR) is 40.8 cm³/mol. The van der Waals surface area contributed by atoms with Crippen molar-refractivity contribution in [1.82, 2.24) is 0 Å². The number of methoxy groups -OCH3 is 1. The lowest BCUT2D eigenvalue weighted by Crippen LogP contribution is -2.19. The summed E-state index contributed by atoms with van der Waals surface area (Å²) < 4.78 is 25.1. The van der Waals surface area contributed by atoms with E-state index in [4.69, 9.17) is 10.7 Å². The fraction of sp³-hybridized carbons (Fsp3) is 0.800. The minimum atomic E-state index is -3.61. The highest BCUT2D eigenvalue weighted by Gasteiger charge is 2.19. The van der Waals surface area contributed by atoms with Gasteiger partial charge in [0.15, 0.2) is 0 Å². The average molecular weight is 201 g/mol. The zero-order valence-electron chi connectivity index (χ0n) is 6.20. The first kappa shape index (κ1) is 10.7. The Balaban J connectivity index is 4.09. The van der Waals surface area contributed by atoms with Crippen LogP contribution < -0.4 is 0 Å².